The predicted octanol–water partition coefficient (Wildman–Crippen LogP) is 1.16. The van der Waals surface area contributed by atoms with Gasteiger partial charge < -0.3 is 11.5 Å². The van der Waals surface area contributed by atoms with Gasteiger partial charge in [0.1, 0.15) is 5.84 Å². The first-order valence-corrected chi connectivity index (χ1v) is 4.74. The van der Waals surface area contributed by atoms with Crippen molar-refractivity contribution in [1.82, 2.24) is 0 Å². The van der Waals surface area contributed by atoms with Crippen molar-refractivity contribution in [2.75, 3.05) is 5.73 Å². The van der Waals surface area contributed by atoms with E-state index in [4.69, 9.17) is 11.5 Å². The van der Waals surface area contributed by atoms with E-state index >= 15 is 0 Å². The van der Waals surface area contributed by atoms with Gasteiger partial charge in [0.05, 0.1) is 0 Å². The molecule has 1 aromatic carbocycles. The van der Waals surface area contributed by atoms with Crippen molar-refractivity contribution in [2.24, 2.45) is 16.6 Å². The molecular formula is C11H15N3O. The molecule has 0 heterocycles. The smallest absolute Gasteiger partial charge is 0.250 e. The average molecular weight is 205 g/mol. The Balaban J connectivity index is 2.94. The van der Waals surface area contributed by atoms with E-state index in [1.165, 1.54) is 0 Å². The Morgan fingerprint density at radius 2 is 2.07 bits per heavy atom. The van der Waals surface area contributed by atoms with Crippen molar-refractivity contribution in [3.05, 3.63) is 29.8 Å². The molecule has 0 atom stereocenters. The first-order valence-electron chi connectivity index (χ1n) is 4.74. The summed E-state index contributed by atoms with van der Waals surface area (Å²) in [5.41, 5.74) is 12.5. The van der Waals surface area contributed by atoms with Gasteiger partial charge >= 0.3 is 0 Å². The van der Waals surface area contributed by atoms with Gasteiger partial charge in [-0.05, 0) is 12.1 Å². The van der Waals surface area contributed by atoms with Gasteiger partial charge in [-0.2, -0.15) is 4.99 Å². The van der Waals surface area contributed by atoms with Crippen LogP contribution in [0, 0.1) is 5.92 Å². The van der Waals surface area contributed by atoms with Gasteiger partial charge in [-0.3, -0.25) is 4.79 Å². The van der Waals surface area contributed by atoms with Gasteiger partial charge in [-0.25, -0.2) is 0 Å². The quantitative estimate of drug-likeness (QED) is 0.432. The Bertz CT molecular complexity index is 397. The highest BCUT2D eigenvalue weighted by molar-refractivity contribution is 6.04. The lowest BCUT2D eigenvalue weighted by Gasteiger charge is -2.02. The molecule has 0 aliphatic carbocycles. The summed E-state index contributed by atoms with van der Waals surface area (Å²) in [7, 11) is 0. The number of carbonyl (C=O) groups excluding carboxylic acids is 1. The number of carbonyl (C=O) groups is 1. The Labute approximate surface area is 89.0 Å². The molecule has 0 spiro atoms. The van der Waals surface area contributed by atoms with Crippen molar-refractivity contribution >= 4 is 17.4 Å². The zero-order valence-corrected chi connectivity index (χ0v) is 8.90. The van der Waals surface area contributed by atoms with Crippen LogP contribution < -0.4 is 11.5 Å². The highest BCUT2D eigenvalue weighted by atomic mass is 16.1. The van der Waals surface area contributed by atoms with Gasteiger partial charge in [0, 0.05) is 17.2 Å². The monoisotopic (exact) mass is 205 g/mol. The molecule has 0 bridgehead atoms. The Morgan fingerprint density at radius 1 is 1.40 bits per heavy atom. The number of hydrogen-bond acceptors (Lipinski definition) is 2. The van der Waals surface area contributed by atoms with Crippen LogP contribution in [-0.2, 0) is 4.79 Å². The lowest BCUT2D eigenvalue weighted by atomic mass is 10.2. The fourth-order valence-corrected chi connectivity index (χ4v) is 1.01. The molecule has 0 aliphatic rings. The molecule has 0 unspecified atom stereocenters. The van der Waals surface area contributed by atoms with Crippen LogP contribution >= 0.6 is 0 Å². The van der Waals surface area contributed by atoms with Crippen LogP contribution in [-0.4, -0.2) is 11.7 Å². The second-order valence-corrected chi connectivity index (χ2v) is 3.62. The zero-order chi connectivity index (χ0) is 11.4. The predicted molar refractivity (Wildman–Crippen MR) is 61.4 cm³/mol. The molecule has 0 saturated carbocycles. The topological polar surface area (TPSA) is 81.5 Å². The van der Waals surface area contributed by atoms with Crippen LogP contribution in [0.4, 0.5) is 5.69 Å². The first kappa shape index (κ1) is 11.2. The van der Waals surface area contributed by atoms with Gasteiger partial charge in [0.15, 0.2) is 0 Å². The minimum atomic E-state index is -0.227. The molecule has 1 rings (SSSR count). The number of anilines is 1. The molecule has 15 heavy (non-hydrogen) atoms. The molecule has 4 N–H and O–H groups in total. The number of aliphatic imine (C=N–C) groups is 1. The van der Waals surface area contributed by atoms with E-state index in [1.807, 2.05) is 0 Å². The first-order chi connectivity index (χ1) is 7.00. The van der Waals surface area contributed by atoms with Crippen LogP contribution in [0.25, 0.3) is 0 Å². The summed E-state index contributed by atoms with van der Waals surface area (Å²) < 4.78 is 0. The van der Waals surface area contributed by atoms with E-state index in [0.717, 1.165) is 0 Å². The molecule has 0 saturated heterocycles. The molecule has 4 nitrogen and oxygen atoms in total. The van der Waals surface area contributed by atoms with Crippen molar-refractivity contribution in [1.29, 1.82) is 0 Å². The molecule has 1 amide bonds. The molecule has 4 heteroatoms. The second-order valence-electron chi connectivity index (χ2n) is 3.62. The van der Waals surface area contributed by atoms with Crippen molar-refractivity contribution in [3.8, 4) is 0 Å². The van der Waals surface area contributed by atoms with Crippen molar-refractivity contribution in [3.63, 3.8) is 0 Å². The standard InChI is InChI=1S/C11H15N3O/c1-7(2)11(15)14-10(13)8-4-3-5-9(12)6-8/h3-7H,12H2,1-2H3,(H2,13,14,15). The van der Waals surface area contributed by atoms with Crippen LogP contribution in [0.5, 0.6) is 0 Å². The number of nitrogens with two attached hydrogens (primary N) is 2. The number of amidine groups is 1. The minimum Gasteiger partial charge on any atom is -0.399 e. The number of nitrogen functional groups attached to an aromatic ring is 1. The highest BCUT2D eigenvalue weighted by Crippen LogP contribution is 2.06. The number of rotatable bonds is 2. The fourth-order valence-electron chi connectivity index (χ4n) is 1.01. The summed E-state index contributed by atoms with van der Waals surface area (Å²) in [4.78, 5) is 15.1. The molecule has 0 aromatic heterocycles. The van der Waals surface area contributed by atoms with Crippen LogP contribution in [0.15, 0.2) is 29.3 Å². The number of hydrogen-bond donors (Lipinski definition) is 2. The van der Waals surface area contributed by atoms with Crippen LogP contribution in [0.2, 0.25) is 0 Å². The summed E-state index contributed by atoms with van der Waals surface area (Å²) in [6.45, 7) is 3.55. The summed E-state index contributed by atoms with van der Waals surface area (Å²) in [6, 6.07) is 6.98. The Kier molecular flexibility index (Phi) is 3.44. The zero-order valence-electron chi connectivity index (χ0n) is 8.90. The third kappa shape index (κ3) is 3.09. The summed E-state index contributed by atoms with van der Waals surface area (Å²) in [6.07, 6.45) is 0. The molecule has 80 valence electrons. The molecule has 0 radical (unpaired) electrons. The summed E-state index contributed by atoms with van der Waals surface area (Å²) in [5, 5.41) is 0. The summed E-state index contributed by atoms with van der Waals surface area (Å²) >= 11 is 0. The summed E-state index contributed by atoms with van der Waals surface area (Å²) in [5.74, 6) is -0.166. The maximum atomic E-state index is 11.3. The van der Waals surface area contributed by atoms with Crippen LogP contribution in [0.3, 0.4) is 0 Å². The second kappa shape index (κ2) is 4.59. The van der Waals surface area contributed by atoms with E-state index < -0.39 is 0 Å². The maximum absolute atomic E-state index is 11.3. The number of nitrogens with zero attached hydrogens (tertiary/aromatic N) is 1. The van der Waals surface area contributed by atoms with E-state index in [2.05, 4.69) is 4.99 Å². The third-order valence-electron chi connectivity index (χ3n) is 1.91. The lowest BCUT2D eigenvalue weighted by Crippen LogP contribution is -2.17. The molecular weight excluding hydrogens is 190 g/mol. The Hall–Kier alpha value is -1.84. The van der Waals surface area contributed by atoms with Crippen molar-refractivity contribution in [2.45, 2.75) is 13.8 Å². The fraction of sp³-hybridized carbons (Fsp3) is 0.273. The molecule has 0 aliphatic heterocycles. The van der Waals surface area contributed by atoms with E-state index in [-0.39, 0.29) is 17.7 Å². The number of benzene rings is 1. The van der Waals surface area contributed by atoms with Crippen LogP contribution in [0.1, 0.15) is 19.4 Å². The normalized spacial score (nSPS) is 11.8. The third-order valence-corrected chi connectivity index (χ3v) is 1.91. The number of amides is 1. The SMILES string of the molecule is CC(C)C(=O)N=C(N)c1cccc(N)c1. The van der Waals surface area contributed by atoms with Gasteiger partial charge in [0.2, 0.25) is 5.91 Å². The maximum Gasteiger partial charge on any atom is 0.250 e. The van der Waals surface area contributed by atoms with E-state index in [1.54, 1.807) is 38.1 Å². The molecule has 1 aromatic rings. The highest BCUT2D eigenvalue weighted by Gasteiger charge is 2.07. The largest absolute Gasteiger partial charge is 0.399 e. The van der Waals surface area contributed by atoms with Crippen molar-refractivity contribution < 1.29 is 4.79 Å². The minimum absolute atomic E-state index is 0.149. The van der Waals surface area contributed by atoms with E-state index in [9.17, 15) is 4.79 Å². The Morgan fingerprint density at radius 3 is 2.60 bits per heavy atom. The van der Waals surface area contributed by atoms with Gasteiger partial charge in [0.25, 0.3) is 0 Å². The lowest BCUT2D eigenvalue weighted by molar-refractivity contribution is -0.120. The molecule has 0 fully saturated rings. The van der Waals surface area contributed by atoms with Gasteiger partial charge in [-0.1, -0.05) is 26.0 Å². The average Bonchev–Trinajstić information content (AvgIpc) is 2.17. The van der Waals surface area contributed by atoms with Gasteiger partial charge in [-0.15, -0.1) is 0 Å². The van der Waals surface area contributed by atoms with E-state index in [0.29, 0.717) is 11.3 Å².